The van der Waals surface area contributed by atoms with E-state index in [0.717, 1.165) is 0 Å². The quantitative estimate of drug-likeness (QED) is 0.613. The molecule has 0 aliphatic rings. The van der Waals surface area contributed by atoms with E-state index in [1.54, 1.807) is 67.7 Å². The minimum Gasteiger partial charge on any atom is -0.444 e. The van der Waals surface area contributed by atoms with Gasteiger partial charge in [0.1, 0.15) is 0 Å². The molecule has 5 nitrogen and oxygen atoms in total. The number of para-hydroxylation sites is 1. The van der Waals surface area contributed by atoms with E-state index in [1.807, 2.05) is 0 Å². The molecule has 3 rings (SSSR count). The highest BCUT2D eigenvalue weighted by atomic mass is 79.9. The second kappa shape index (κ2) is 7.76. The van der Waals surface area contributed by atoms with Crippen LogP contribution in [-0.4, -0.2) is 18.9 Å². The first-order chi connectivity index (χ1) is 12.5. The van der Waals surface area contributed by atoms with Crippen molar-refractivity contribution in [2.45, 2.75) is 0 Å². The largest absolute Gasteiger partial charge is 0.444 e. The minimum atomic E-state index is -0.362. The third-order valence-electron chi connectivity index (χ3n) is 3.68. The molecule has 0 saturated heterocycles. The van der Waals surface area contributed by atoms with E-state index >= 15 is 0 Å². The number of rotatable bonds is 4. The Kier molecular flexibility index (Phi) is 5.44. The number of nitrogens with one attached hydrogen (secondary N) is 1. The molecule has 1 aromatic heterocycles. The smallest absolute Gasteiger partial charge is 0.293 e. The Morgan fingerprint density at radius 3 is 2.54 bits per heavy atom. The number of hydrogen-bond acceptors (Lipinski definition) is 3. The molecule has 0 aliphatic heterocycles. The highest BCUT2D eigenvalue weighted by Crippen LogP contribution is 2.24. The minimum absolute atomic E-state index is 0.171. The molecule has 132 valence electrons. The van der Waals surface area contributed by atoms with Gasteiger partial charge in [-0.25, -0.2) is 0 Å². The van der Waals surface area contributed by atoms with Crippen molar-refractivity contribution in [2.24, 2.45) is 0 Å². The van der Waals surface area contributed by atoms with Gasteiger partial charge in [-0.1, -0.05) is 29.8 Å². The second-order valence-electron chi connectivity index (χ2n) is 5.45. The van der Waals surface area contributed by atoms with E-state index in [9.17, 15) is 9.59 Å². The number of carbonyl (C=O) groups is 2. The number of hydrogen-bond donors (Lipinski definition) is 1. The van der Waals surface area contributed by atoms with Crippen molar-refractivity contribution in [3.05, 3.63) is 81.7 Å². The Bertz CT molecular complexity index is 971. The average molecular weight is 434 g/mol. The number of anilines is 2. The van der Waals surface area contributed by atoms with Crippen molar-refractivity contribution in [3.8, 4) is 0 Å². The third-order valence-corrected chi connectivity index (χ3v) is 4.34. The SMILES string of the molecule is CN(C(=O)c1ccc(Br)o1)c1ccccc1C(=O)Nc1cccc(Cl)c1. The highest BCUT2D eigenvalue weighted by molar-refractivity contribution is 9.10. The molecule has 0 spiro atoms. The van der Waals surface area contributed by atoms with Gasteiger partial charge in [0.15, 0.2) is 10.4 Å². The lowest BCUT2D eigenvalue weighted by atomic mass is 10.1. The summed E-state index contributed by atoms with van der Waals surface area (Å²) in [6.07, 6.45) is 0. The van der Waals surface area contributed by atoms with Crippen LogP contribution < -0.4 is 10.2 Å². The molecular weight excluding hydrogens is 420 g/mol. The molecule has 1 heterocycles. The highest BCUT2D eigenvalue weighted by Gasteiger charge is 2.21. The number of carbonyl (C=O) groups excluding carboxylic acids is 2. The molecule has 2 aromatic carbocycles. The summed E-state index contributed by atoms with van der Waals surface area (Å²) < 4.78 is 5.77. The number of furan rings is 1. The van der Waals surface area contributed by atoms with Gasteiger partial charge in [-0.15, -0.1) is 0 Å². The molecule has 2 amide bonds. The van der Waals surface area contributed by atoms with Crippen molar-refractivity contribution in [3.63, 3.8) is 0 Å². The summed E-state index contributed by atoms with van der Waals surface area (Å²) in [5, 5.41) is 3.31. The van der Waals surface area contributed by atoms with Gasteiger partial charge in [0, 0.05) is 17.8 Å². The maximum atomic E-state index is 12.7. The Labute approximate surface area is 163 Å². The fraction of sp³-hybridized carbons (Fsp3) is 0.0526. The molecule has 0 atom stereocenters. The van der Waals surface area contributed by atoms with E-state index < -0.39 is 0 Å². The normalized spacial score (nSPS) is 10.4. The Hall–Kier alpha value is -2.57. The molecule has 0 radical (unpaired) electrons. The van der Waals surface area contributed by atoms with Crippen molar-refractivity contribution < 1.29 is 14.0 Å². The van der Waals surface area contributed by atoms with Gasteiger partial charge in [0.25, 0.3) is 11.8 Å². The lowest BCUT2D eigenvalue weighted by Crippen LogP contribution is -2.28. The fourth-order valence-electron chi connectivity index (χ4n) is 2.43. The van der Waals surface area contributed by atoms with Crippen molar-refractivity contribution in [1.29, 1.82) is 0 Å². The maximum absolute atomic E-state index is 12.7. The fourth-order valence-corrected chi connectivity index (χ4v) is 2.92. The van der Waals surface area contributed by atoms with Crippen LogP contribution in [0.5, 0.6) is 0 Å². The van der Waals surface area contributed by atoms with Gasteiger partial charge >= 0.3 is 0 Å². The Balaban J connectivity index is 1.87. The summed E-state index contributed by atoms with van der Waals surface area (Å²) in [5.41, 5.74) is 1.39. The molecule has 0 fully saturated rings. The van der Waals surface area contributed by atoms with Crippen LogP contribution in [0.1, 0.15) is 20.9 Å². The number of benzene rings is 2. The van der Waals surface area contributed by atoms with Gasteiger partial charge in [-0.05, 0) is 58.4 Å². The predicted molar refractivity (Wildman–Crippen MR) is 105 cm³/mol. The molecule has 26 heavy (non-hydrogen) atoms. The summed E-state index contributed by atoms with van der Waals surface area (Å²) in [5.74, 6) is -0.536. The van der Waals surface area contributed by atoms with Gasteiger partial charge in [0.05, 0.1) is 11.3 Å². The van der Waals surface area contributed by atoms with E-state index in [2.05, 4.69) is 21.2 Å². The molecule has 0 unspecified atom stereocenters. The van der Waals surface area contributed by atoms with Crippen LogP contribution in [-0.2, 0) is 0 Å². The molecule has 3 aromatic rings. The summed E-state index contributed by atoms with van der Waals surface area (Å²) in [6.45, 7) is 0. The number of nitrogens with zero attached hydrogens (tertiary/aromatic N) is 1. The van der Waals surface area contributed by atoms with Gasteiger partial charge in [-0.3, -0.25) is 9.59 Å². The van der Waals surface area contributed by atoms with Crippen LogP contribution in [0.3, 0.4) is 0 Å². The lowest BCUT2D eigenvalue weighted by Gasteiger charge is -2.19. The zero-order valence-corrected chi connectivity index (χ0v) is 16.0. The zero-order valence-electron chi connectivity index (χ0n) is 13.7. The van der Waals surface area contributed by atoms with E-state index in [4.69, 9.17) is 16.0 Å². The maximum Gasteiger partial charge on any atom is 0.293 e. The lowest BCUT2D eigenvalue weighted by molar-refractivity contribution is 0.0965. The Morgan fingerprint density at radius 1 is 1.08 bits per heavy atom. The van der Waals surface area contributed by atoms with Crippen LogP contribution in [0.2, 0.25) is 5.02 Å². The van der Waals surface area contributed by atoms with E-state index in [1.165, 1.54) is 4.90 Å². The summed E-state index contributed by atoms with van der Waals surface area (Å²) in [4.78, 5) is 26.7. The van der Waals surface area contributed by atoms with Crippen molar-refractivity contribution in [2.75, 3.05) is 17.3 Å². The van der Waals surface area contributed by atoms with Crippen LogP contribution in [0.25, 0.3) is 0 Å². The van der Waals surface area contributed by atoms with Crippen LogP contribution in [0, 0.1) is 0 Å². The molecular formula is C19H14BrClN2O3. The van der Waals surface area contributed by atoms with Crippen molar-refractivity contribution >= 4 is 50.7 Å². The second-order valence-corrected chi connectivity index (χ2v) is 6.67. The summed E-state index contributed by atoms with van der Waals surface area (Å²) in [7, 11) is 1.59. The molecule has 0 bridgehead atoms. The topological polar surface area (TPSA) is 62.6 Å². The van der Waals surface area contributed by atoms with Crippen LogP contribution in [0.15, 0.2) is 69.8 Å². The standard InChI is InChI=1S/C19H14BrClN2O3/c1-23(19(25)16-9-10-17(20)26-16)15-8-3-2-7-14(15)18(24)22-13-6-4-5-12(21)11-13/h2-11H,1H3,(H,22,24). The van der Waals surface area contributed by atoms with Gasteiger partial charge in [-0.2, -0.15) is 0 Å². The summed E-state index contributed by atoms with van der Waals surface area (Å²) >= 11 is 9.12. The first-order valence-electron chi connectivity index (χ1n) is 7.65. The zero-order chi connectivity index (χ0) is 18.7. The van der Waals surface area contributed by atoms with E-state index in [0.29, 0.717) is 26.6 Å². The Morgan fingerprint density at radius 2 is 1.85 bits per heavy atom. The van der Waals surface area contributed by atoms with E-state index in [-0.39, 0.29) is 17.6 Å². The average Bonchev–Trinajstić information content (AvgIpc) is 3.07. The van der Waals surface area contributed by atoms with Crippen molar-refractivity contribution in [1.82, 2.24) is 0 Å². The number of amides is 2. The first-order valence-corrected chi connectivity index (χ1v) is 8.82. The van der Waals surface area contributed by atoms with Gasteiger partial charge < -0.3 is 14.6 Å². The van der Waals surface area contributed by atoms with Crippen LogP contribution >= 0.6 is 27.5 Å². The summed E-state index contributed by atoms with van der Waals surface area (Å²) in [6, 6.07) is 16.9. The van der Waals surface area contributed by atoms with Crippen LogP contribution in [0.4, 0.5) is 11.4 Å². The molecule has 0 saturated carbocycles. The van der Waals surface area contributed by atoms with Gasteiger partial charge in [0.2, 0.25) is 0 Å². The predicted octanol–water partition coefficient (Wildman–Crippen LogP) is 5.22. The first kappa shape index (κ1) is 18.2. The molecule has 1 N–H and O–H groups in total. The monoisotopic (exact) mass is 432 g/mol. The number of halogens is 2. The molecule has 0 aliphatic carbocycles. The molecule has 7 heteroatoms. The third kappa shape index (κ3) is 3.98.